The Bertz CT molecular complexity index is 2190. The van der Waals surface area contributed by atoms with Crippen LogP contribution < -0.4 is 0 Å². The van der Waals surface area contributed by atoms with Crippen molar-refractivity contribution in [3.05, 3.63) is 176 Å². The molecular formula is C52H66O4S3. The Labute approximate surface area is 362 Å². The topological polar surface area (TPSA) is 68.3 Å². The SMILES string of the molecule is CC(=CCSCC=C(C)C=C(C=C(C)C=CC1=C(C)CCCC1(C)C)S(=O)(=O)c1ccccc1)C=C(C=C(C)C=CC1=C(C)CCCC1(C)C)S(=O)(=O)c1ccccc1. The monoisotopic (exact) mass is 850 g/mol. The van der Waals surface area contributed by atoms with E-state index >= 15 is 0 Å². The first-order valence-electron chi connectivity index (χ1n) is 20.8. The molecular weight excluding hydrogens is 785 g/mol. The summed E-state index contributed by atoms with van der Waals surface area (Å²) in [5.41, 5.74) is 9.07. The molecule has 7 heteroatoms. The molecule has 59 heavy (non-hydrogen) atoms. The van der Waals surface area contributed by atoms with E-state index in [2.05, 4.69) is 53.7 Å². The average molecular weight is 851 g/mol. The molecule has 0 saturated carbocycles. The summed E-state index contributed by atoms with van der Waals surface area (Å²) in [5.74, 6) is 1.31. The highest BCUT2D eigenvalue weighted by atomic mass is 32.2. The van der Waals surface area contributed by atoms with E-state index in [1.807, 2.05) is 64.1 Å². The molecule has 2 aromatic rings. The van der Waals surface area contributed by atoms with Crippen molar-refractivity contribution in [3.63, 3.8) is 0 Å². The third kappa shape index (κ3) is 13.5. The maximum Gasteiger partial charge on any atom is 0.206 e. The highest BCUT2D eigenvalue weighted by Gasteiger charge is 2.28. The summed E-state index contributed by atoms with van der Waals surface area (Å²) >= 11 is 1.67. The van der Waals surface area contributed by atoms with Gasteiger partial charge in [0.15, 0.2) is 0 Å². The van der Waals surface area contributed by atoms with E-state index in [1.54, 1.807) is 84.6 Å². The van der Waals surface area contributed by atoms with Crippen molar-refractivity contribution in [2.75, 3.05) is 11.5 Å². The lowest BCUT2D eigenvalue weighted by Crippen LogP contribution is -2.19. The lowest BCUT2D eigenvalue weighted by atomic mass is 9.72. The molecule has 0 aromatic heterocycles. The van der Waals surface area contributed by atoms with Gasteiger partial charge in [-0.05, 0) is 162 Å². The zero-order valence-electron chi connectivity index (χ0n) is 37.1. The summed E-state index contributed by atoms with van der Waals surface area (Å²) in [6.07, 6.45) is 26.4. The summed E-state index contributed by atoms with van der Waals surface area (Å²) in [7, 11) is -7.54. The molecule has 0 radical (unpaired) electrons. The number of thioether (sulfide) groups is 1. The summed E-state index contributed by atoms with van der Waals surface area (Å²) in [5, 5.41) is 0. The highest BCUT2D eigenvalue weighted by molar-refractivity contribution is 7.99. The smallest absolute Gasteiger partial charge is 0.206 e. The van der Waals surface area contributed by atoms with Crippen molar-refractivity contribution >= 4 is 31.4 Å². The van der Waals surface area contributed by atoms with Gasteiger partial charge in [0.25, 0.3) is 0 Å². The van der Waals surface area contributed by atoms with Crippen molar-refractivity contribution in [1.29, 1.82) is 0 Å². The van der Waals surface area contributed by atoms with E-state index in [9.17, 15) is 16.8 Å². The maximum absolute atomic E-state index is 13.9. The number of rotatable bonds is 16. The van der Waals surface area contributed by atoms with E-state index in [-0.39, 0.29) is 30.4 Å². The molecule has 0 aliphatic heterocycles. The fourth-order valence-corrected chi connectivity index (χ4v) is 11.7. The van der Waals surface area contributed by atoms with Gasteiger partial charge in [0.05, 0.1) is 19.6 Å². The summed E-state index contributed by atoms with van der Waals surface area (Å²) < 4.78 is 55.7. The lowest BCUT2D eigenvalue weighted by Gasteiger charge is -2.33. The standard InChI is InChI=1S/C52H66O4S3/c1-39(25-27-49-43(5)19-17-31-51(49,7)8)35-47(58(53,54)45-21-13-11-14-22-45)37-41(3)29-33-57-34-30-42(4)38-48(59(55,56)46-23-15-12-16-24-46)36-40(2)26-28-50-44(6)20-18-32-52(50,9)10/h11-16,21-30,35-38H,17-20,31-34H2,1-10H3. The van der Waals surface area contributed by atoms with Gasteiger partial charge in [0, 0.05) is 11.5 Å². The van der Waals surface area contributed by atoms with Gasteiger partial charge >= 0.3 is 0 Å². The quantitative estimate of drug-likeness (QED) is 0.124. The second kappa shape index (κ2) is 21.1. The predicted molar refractivity (Wildman–Crippen MR) is 255 cm³/mol. The minimum atomic E-state index is -3.77. The minimum Gasteiger partial charge on any atom is -0.219 e. The van der Waals surface area contributed by atoms with Crippen LogP contribution in [0.2, 0.25) is 0 Å². The first-order valence-corrected chi connectivity index (χ1v) is 24.9. The van der Waals surface area contributed by atoms with Crippen molar-refractivity contribution in [3.8, 4) is 0 Å². The first-order chi connectivity index (χ1) is 27.7. The van der Waals surface area contributed by atoms with Crippen molar-refractivity contribution in [1.82, 2.24) is 0 Å². The molecule has 316 valence electrons. The van der Waals surface area contributed by atoms with Crippen LogP contribution in [-0.2, 0) is 19.7 Å². The van der Waals surface area contributed by atoms with E-state index in [4.69, 9.17) is 0 Å². The van der Waals surface area contributed by atoms with Gasteiger partial charge in [-0.1, -0.05) is 123 Å². The van der Waals surface area contributed by atoms with Crippen LogP contribution in [0.25, 0.3) is 0 Å². The Morgan fingerprint density at radius 2 is 0.915 bits per heavy atom. The molecule has 2 aromatic carbocycles. The van der Waals surface area contributed by atoms with Gasteiger partial charge < -0.3 is 0 Å². The van der Waals surface area contributed by atoms with Crippen LogP contribution in [0.15, 0.2) is 186 Å². The van der Waals surface area contributed by atoms with Gasteiger partial charge in [0.2, 0.25) is 19.7 Å². The Morgan fingerprint density at radius 1 is 0.559 bits per heavy atom. The van der Waals surface area contributed by atoms with Crippen LogP contribution in [-0.4, -0.2) is 28.3 Å². The van der Waals surface area contributed by atoms with E-state index in [0.717, 1.165) is 48.0 Å². The molecule has 0 N–H and O–H groups in total. The molecule has 0 fully saturated rings. The molecule has 0 atom stereocenters. The highest BCUT2D eigenvalue weighted by Crippen LogP contribution is 2.42. The third-order valence-corrected chi connectivity index (χ3v) is 15.7. The number of hydrogen-bond donors (Lipinski definition) is 0. The minimum absolute atomic E-state index is 0.0913. The molecule has 0 saturated heterocycles. The van der Waals surface area contributed by atoms with E-state index in [0.29, 0.717) is 11.5 Å². The van der Waals surface area contributed by atoms with Crippen molar-refractivity contribution in [2.24, 2.45) is 10.8 Å². The van der Waals surface area contributed by atoms with Crippen LogP contribution in [0.4, 0.5) is 0 Å². The Kier molecular flexibility index (Phi) is 17.0. The molecule has 0 spiro atoms. The molecule has 0 amide bonds. The van der Waals surface area contributed by atoms with Crippen LogP contribution in [0, 0.1) is 10.8 Å². The first kappa shape index (κ1) is 47.8. The molecule has 0 bridgehead atoms. The zero-order valence-corrected chi connectivity index (χ0v) is 39.5. The van der Waals surface area contributed by atoms with Gasteiger partial charge in [-0.15, -0.1) is 0 Å². The average Bonchev–Trinajstić information content (AvgIpc) is 3.17. The second-order valence-electron chi connectivity index (χ2n) is 17.5. The van der Waals surface area contributed by atoms with E-state index in [1.165, 1.54) is 35.1 Å². The van der Waals surface area contributed by atoms with Gasteiger partial charge in [0.1, 0.15) is 0 Å². The predicted octanol–water partition coefficient (Wildman–Crippen LogP) is 14.4. The number of allylic oxidation sites excluding steroid dienone is 16. The zero-order chi connectivity index (χ0) is 43.4. The maximum atomic E-state index is 13.9. The third-order valence-electron chi connectivity index (χ3n) is 11.4. The summed E-state index contributed by atoms with van der Waals surface area (Å²) in [4.78, 5) is 1.02. The number of hydrogen-bond acceptors (Lipinski definition) is 5. The summed E-state index contributed by atoms with van der Waals surface area (Å²) in [6, 6.07) is 17.2. The number of benzene rings is 2. The molecule has 0 unspecified atom stereocenters. The van der Waals surface area contributed by atoms with Crippen LogP contribution in [0.5, 0.6) is 0 Å². The molecule has 4 nitrogen and oxygen atoms in total. The van der Waals surface area contributed by atoms with Crippen LogP contribution in [0.3, 0.4) is 0 Å². The molecule has 4 rings (SSSR count). The Morgan fingerprint density at radius 3 is 1.25 bits per heavy atom. The van der Waals surface area contributed by atoms with Crippen molar-refractivity contribution < 1.29 is 16.8 Å². The number of sulfone groups is 2. The fourth-order valence-electron chi connectivity index (χ4n) is 7.88. The Balaban J connectivity index is 1.56. The summed E-state index contributed by atoms with van der Waals surface area (Å²) in [6.45, 7) is 21.3. The lowest BCUT2D eigenvalue weighted by molar-refractivity contribution is 0.376. The second-order valence-corrected chi connectivity index (χ2v) is 22.4. The normalized spacial score (nSPS) is 19.4. The van der Waals surface area contributed by atoms with Gasteiger partial charge in [-0.2, -0.15) is 11.8 Å². The van der Waals surface area contributed by atoms with Gasteiger partial charge in [-0.3, -0.25) is 0 Å². The van der Waals surface area contributed by atoms with Crippen LogP contribution >= 0.6 is 11.8 Å². The van der Waals surface area contributed by atoms with Crippen LogP contribution in [0.1, 0.15) is 108 Å². The van der Waals surface area contributed by atoms with E-state index < -0.39 is 19.7 Å². The Hall–Kier alpha value is -3.91. The molecule has 2 aliphatic rings. The van der Waals surface area contributed by atoms with Crippen molar-refractivity contribution in [2.45, 2.75) is 118 Å². The fraction of sp³-hybridized carbons (Fsp3) is 0.385. The largest absolute Gasteiger partial charge is 0.219 e. The molecule has 0 heterocycles. The van der Waals surface area contributed by atoms with Gasteiger partial charge in [-0.25, -0.2) is 16.8 Å². The molecule has 2 aliphatic carbocycles.